The van der Waals surface area contributed by atoms with Crippen LogP contribution in [0.4, 0.5) is 0 Å². The third-order valence-corrected chi connectivity index (χ3v) is 2.78. The summed E-state index contributed by atoms with van der Waals surface area (Å²) in [5.41, 5.74) is 8.12. The minimum Gasteiger partial charge on any atom is -0.368 e. The average molecular weight is 218 g/mol. The van der Waals surface area contributed by atoms with Crippen molar-refractivity contribution in [3.8, 4) is 0 Å². The van der Waals surface area contributed by atoms with Crippen LogP contribution in [-0.2, 0) is 17.6 Å². The topological polar surface area (TPSA) is 72.2 Å². The molecule has 0 bridgehead atoms. The van der Waals surface area contributed by atoms with Crippen molar-refractivity contribution in [1.29, 1.82) is 0 Å². The molecule has 84 valence electrons. The van der Waals surface area contributed by atoms with Gasteiger partial charge >= 0.3 is 0 Å². The van der Waals surface area contributed by atoms with Crippen molar-refractivity contribution < 1.29 is 9.59 Å². The van der Waals surface area contributed by atoms with E-state index in [0.29, 0.717) is 5.56 Å². The molecule has 0 saturated heterocycles. The van der Waals surface area contributed by atoms with E-state index in [0.717, 1.165) is 19.3 Å². The maximum absolute atomic E-state index is 11.6. The molecular weight excluding hydrogens is 204 g/mol. The van der Waals surface area contributed by atoms with E-state index >= 15 is 0 Å². The van der Waals surface area contributed by atoms with Gasteiger partial charge in [0.15, 0.2) is 0 Å². The minimum atomic E-state index is -0.533. The summed E-state index contributed by atoms with van der Waals surface area (Å²) in [6.45, 7) is -0.115. The fourth-order valence-electron chi connectivity index (χ4n) is 1.98. The second kappa shape index (κ2) is 4.35. The van der Waals surface area contributed by atoms with Crippen LogP contribution in [0.2, 0.25) is 0 Å². The Hall–Kier alpha value is -1.84. The SMILES string of the molecule is NC(=O)CNC(=O)c1ccc2c(c1)CCC2. The van der Waals surface area contributed by atoms with E-state index in [1.807, 2.05) is 12.1 Å². The summed E-state index contributed by atoms with van der Waals surface area (Å²) in [4.78, 5) is 22.2. The first-order valence-electron chi connectivity index (χ1n) is 5.35. The number of benzene rings is 1. The Bertz CT molecular complexity index is 441. The monoisotopic (exact) mass is 218 g/mol. The highest BCUT2D eigenvalue weighted by Crippen LogP contribution is 2.22. The summed E-state index contributed by atoms with van der Waals surface area (Å²) < 4.78 is 0. The van der Waals surface area contributed by atoms with Gasteiger partial charge in [0.05, 0.1) is 6.54 Å². The zero-order valence-electron chi connectivity index (χ0n) is 8.95. The van der Waals surface area contributed by atoms with Gasteiger partial charge in [-0.1, -0.05) is 6.07 Å². The molecule has 0 radical (unpaired) electrons. The second-order valence-corrected chi connectivity index (χ2v) is 3.99. The summed E-state index contributed by atoms with van der Waals surface area (Å²) >= 11 is 0. The molecule has 0 aliphatic heterocycles. The number of nitrogens with one attached hydrogen (secondary N) is 1. The Morgan fingerprint density at radius 2 is 2.00 bits per heavy atom. The maximum atomic E-state index is 11.6. The molecule has 0 fully saturated rings. The third-order valence-electron chi connectivity index (χ3n) is 2.78. The Morgan fingerprint density at radius 1 is 1.25 bits per heavy atom. The van der Waals surface area contributed by atoms with Crippen LogP contribution >= 0.6 is 0 Å². The number of rotatable bonds is 3. The van der Waals surface area contributed by atoms with Gasteiger partial charge in [-0.15, -0.1) is 0 Å². The average Bonchev–Trinajstić information content (AvgIpc) is 2.72. The van der Waals surface area contributed by atoms with Crippen LogP contribution in [-0.4, -0.2) is 18.4 Å². The Kier molecular flexibility index (Phi) is 2.90. The van der Waals surface area contributed by atoms with Crippen molar-refractivity contribution >= 4 is 11.8 Å². The van der Waals surface area contributed by atoms with E-state index in [4.69, 9.17) is 5.73 Å². The zero-order chi connectivity index (χ0) is 11.5. The minimum absolute atomic E-state index is 0.115. The lowest BCUT2D eigenvalue weighted by atomic mass is 10.1. The lowest BCUT2D eigenvalue weighted by Crippen LogP contribution is -2.33. The molecule has 2 amide bonds. The van der Waals surface area contributed by atoms with Gasteiger partial charge in [0.2, 0.25) is 5.91 Å². The number of nitrogens with two attached hydrogens (primary N) is 1. The van der Waals surface area contributed by atoms with Crippen molar-refractivity contribution in [1.82, 2.24) is 5.32 Å². The Morgan fingerprint density at radius 3 is 2.75 bits per heavy atom. The molecule has 2 rings (SSSR count). The van der Waals surface area contributed by atoms with E-state index in [2.05, 4.69) is 5.32 Å². The number of hydrogen-bond acceptors (Lipinski definition) is 2. The largest absolute Gasteiger partial charge is 0.368 e. The van der Waals surface area contributed by atoms with Gasteiger partial charge in [-0.2, -0.15) is 0 Å². The van der Waals surface area contributed by atoms with E-state index in [-0.39, 0.29) is 12.5 Å². The lowest BCUT2D eigenvalue weighted by Gasteiger charge is -2.05. The normalized spacial score (nSPS) is 13.2. The summed E-state index contributed by atoms with van der Waals surface area (Å²) in [7, 11) is 0. The summed E-state index contributed by atoms with van der Waals surface area (Å²) in [6.07, 6.45) is 3.28. The van der Waals surface area contributed by atoms with Crippen molar-refractivity contribution in [2.45, 2.75) is 19.3 Å². The molecule has 0 atom stereocenters. The second-order valence-electron chi connectivity index (χ2n) is 3.99. The van der Waals surface area contributed by atoms with Crippen LogP contribution in [0.1, 0.15) is 27.9 Å². The number of carbonyl (C=O) groups excluding carboxylic acids is 2. The van der Waals surface area contributed by atoms with Crippen molar-refractivity contribution in [2.24, 2.45) is 5.73 Å². The number of fused-ring (bicyclic) bond motifs is 1. The van der Waals surface area contributed by atoms with E-state index in [1.54, 1.807) is 6.07 Å². The predicted molar refractivity (Wildman–Crippen MR) is 60.0 cm³/mol. The van der Waals surface area contributed by atoms with Gasteiger partial charge in [0.25, 0.3) is 5.91 Å². The summed E-state index contributed by atoms with van der Waals surface area (Å²) in [6, 6.07) is 5.68. The standard InChI is InChI=1S/C12H14N2O2/c13-11(15)7-14-12(16)10-5-4-8-2-1-3-9(8)6-10/h4-6H,1-3,7H2,(H2,13,15)(H,14,16). The molecular formula is C12H14N2O2. The number of amides is 2. The smallest absolute Gasteiger partial charge is 0.251 e. The summed E-state index contributed by atoms with van der Waals surface area (Å²) in [5.74, 6) is -0.775. The van der Waals surface area contributed by atoms with Crippen molar-refractivity contribution in [3.05, 3.63) is 34.9 Å². The fourth-order valence-corrected chi connectivity index (χ4v) is 1.98. The highest BCUT2D eigenvalue weighted by molar-refractivity contribution is 5.96. The van der Waals surface area contributed by atoms with Crippen molar-refractivity contribution in [3.63, 3.8) is 0 Å². The van der Waals surface area contributed by atoms with Crippen LogP contribution in [0.5, 0.6) is 0 Å². The molecule has 4 nitrogen and oxygen atoms in total. The molecule has 1 aromatic carbocycles. The molecule has 1 aliphatic rings. The molecule has 0 unspecified atom stereocenters. The van der Waals surface area contributed by atoms with Gasteiger partial charge in [-0.25, -0.2) is 0 Å². The van der Waals surface area contributed by atoms with Gasteiger partial charge in [0, 0.05) is 5.56 Å². The van der Waals surface area contributed by atoms with Crippen LogP contribution in [0, 0.1) is 0 Å². The first kappa shape index (κ1) is 10.7. The number of aryl methyl sites for hydroxylation is 2. The Labute approximate surface area is 93.8 Å². The fraction of sp³-hybridized carbons (Fsp3) is 0.333. The Balaban J connectivity index is 2.09. The lowest BCUT2D eigenvalue weighted by molar-refractivity contribution is -0.117. The maximum Gasteiger partial charge on any atom is 0.251 e. The summed E-state index contributed by atoms with van der Waals surface area (Å²) in [5, 5.41) is 2.48. The molecule has 4 heteroatoms. The molecule has 3 N–H and O–H groups in total. The molecule has 0 heterocycles. The van der Waals surface area contributed by atoms with Gasteiger partial charge in [-0.05, 0) is 42.5 Å². The van der Waals surface area contributed by atoms with Gasteiger partial charge in [-0.3, -0.25) is 9.59 Å². The first-order valence-corrected chi connectivity index (χ1v) is 5.35. The number of carbonyl (C=O) groups is 2. The molecule has 1 aromatic rings. The van der Waals surface area contributed by atoms with E-state index in [1.165, 1.54) is 11.1 Å². The molecule has 0 spiro atoms. The van der Waals surface area contributed by atoms with Gasteiger partial charge < -0.3 is 11.1 Å². The van der Waals surface area contributed by atoms with Gasteiger partial charge in [0.1, 0.15) is 0 Å². The highest BCUT2D eigenvalue weighted by atomic mass is 16.2. The molecule has 1 aliphatic carbocycles. The predicted octanol–water partition coefficient (Wildman–Crippen LogP) is 0.390. The van der Waals surface area contributed by atoms with Crippen LogP contribution in [0.15, 0.2) is 18.2 Å². The highest BCUT2D eigenvalue weighted by Gasteiger charge is 2.13. The molecule has 0 aromatic heterocycles. The zero-order valence-corrected chi connectivity index (χ0v) is 8.95. The number of hydrogen-bond donors (Lipinski definition) is 2. The van der Waals surface area contributed by atoms with Crippen LogP contribution in [0.3, 0.4) is 0 Å². The van der Waals surface area contributed by atoms with Crippen molar-refractivity contribution in [2.75, 3.05) is 6.54 Å². The number of primary amides is 1. The third kappa shape index (κ3) is 2.21. The molecule has 16 heavy (non-hydrogen) atoms. The molecule has 0 saturated carbocycles. The van der Waals surface area contributed by atoms with Crippen LogP contribution < -0.4 is 11.1 Å². The first-order chi connectivity index (χ1) is 7.66. The van der Waals surface area contributed by atoms with Crippen LogP contribution in [0.25, 0.3) is 0 Å². The van der Waals surface area contributed by atoms with E-state index < -0.39 is 5.91 Å². The quantitative estimate of drug-likeness (QED) is 0.770. The van der Waals surface area contributed by atoms with E-state index in [9.17, 15) is 9.59 Å².